The zero-order valence-corrected chi connectivity index (χ0v) is 21.1. The molecule has 1 amide bonds. The van der Waals surface area contributed by atoms with Crippen LogP contribution >= 0.6 is 23.2 Å². The maximum atomic E-state index is 13.5. The summed E-state index contributed by atoms with van der Waals surface area (Å²) in [7, 11) is 2.89. The Hall–Kier alpha value is -3.48. The molecule has 0 aliphatic carbocycles. The number of aliphatic hydroxyl groups excluding tert-OH is 1. The van der Waals surface area contributed by atoms with Crippen LogP contribution in [0.5, 0.6) is 11.5 Å². The number of anilines is 1. The second-order valence-corrected chi connectivity index (χ2v) is 8.94. The number of nitrogens with zero attached hydrogens (tertiary/aromatic N) is 1. The minimum absolute atomic E-state index is 0.101. The number of carbonyl (C=O) groups excluding carboxylic acids is 2. The van der Waals surface area contributed by atoms with Gasteiger partial charge < -0.3 is 14.6 Å². The Morgan fingerprint density at radius 2 is 1.69 bits per heavy atom. The lowest BCUT2D eigenvalue weighted by atomic mass is 9.93. The highest BCUT2D eigenvalue weighted by Crippen LogP contribution is 2.47. The van der Waals surface area contributed by atoms with Crippen molar-refractivity contribution in [1.82, 2.24) is 0 Å². The van der Waals surface area contributed by atoms with Gasteiger partial charge in [-0.1, -0.05) is 53.5 Å². The molecular formula is C27H23Cl2NO5. The molecule has 1 heterocycles. The molecule has 1 atom stereocenters. The van der Waals surface area contributed by atoms with E-state index in [-0.39, 0.29) is 26.9 Å². The maximum absolute atomic E-state index is 13.5. The van der Waals surface area contributed by atoms with E-state index < -0.39 is 23.5 Å². The highest BCUT2D eigenvalue weighted by Gasteiger charge is 2.48. The van der Waals surface area contributed by atoms with Gasteiger partial charge in [-0.15, -0.1) is 0 Å². The van der Waals surface area contributed by atoms with E-state index in [0.717, 1.165) is 11.1 Å². The maximum Gasteiger partial charge on any atom is 0.300 e. The van der Waals surface area contributed by atoms with Crippen LogP contribution in [0.2, 0.25) is 10.0 Å². The Bertz CT molecular complexity index is 1380. The van der Waals surface area contributed by atoms with Gasteiger partial charge in [-0.2, -0.15) is 0 Å². The van der Waals surface area contributed by atoms with Gasteiger partial charge >= 0.3 is 0 Å². The van der Waals surface area contributed by atoms with E-state index >= 15 is 0 Å². The van der Waals surface area contributed by atoms with E-state index in [0.29, 0.717) is 17.0 Å². The molecule has 35 heavy (non-hydrogen) atoms. The first-order valence-electron chi connectivity index (χ1n) is 10.7. The lowest BCUT2D eigenvalue weighted by molar-refractivity contribution is -0.132. The van der Waals surface area contributed by atoms with Crippen molar-refractivity contribution in [3.8, 4) is 11.5 Å². The second kappa shape index (κ2) is 9.64. The zero-order chi connectivity index (χ0) is 25.4. The molecule has 8 heteroatoms. The number of hydrogen-bond acceptors (Lipinski definition) is 5. The van der Waals surface area contributed by atoms with Crippen LogP contribution in [0, 0.1) is 13.8 Å². The Morgan fingerprint density at radius 3 is 2.37 bits per heavy atom. The molecule has 0 bridgehead atoms. The number of aryl methyl sites for hydroxylation is 1. The standard InChI is InChI=1S/C27H23Cl2NO5/c1-14-8-7-10-20(15(14)2)30-23(17-9-5-6-11-21(17)34-3)22(25(32)27(30)33)24(31)18-12-16(28)13-19(29)26(18)35-4/h5-13,23,31H,1-4H3/b24-22+. The van der Waals surface area contributed by atoms with Gasteiger partial charge in [-0.3, -0.25) is 14.5 Å². The van der Waals surface area contributed by atoms with Crippen molar-refractivity contribution in [2.75, 3.05) is 19.1 Å². The van der Waals surface area contributed by atoms with Crippen molar-refractivity contribution in [2.45, 2.75) is 19.9 Å². The van der Waals surface area contributed by atoms with Crippen molar-refractivity contribution < 1.29 is 24.2 Å². The summed E-state index contributed by atoms with van der Waals surface area (Å²) in [5.74, 6) is -1.49. The molecule has 3 aromatic rings. The smallest absolute Gasteiger partial charge is 0.300 e. The van der Waals surface area contributed by atoms with Crippen molar-refractivity contribution in [2.24, 2.45) is 0 Å². The molecule has 3 aromatic carbocycles. The predicted molar refractivity (Wildman–Crippen MR) is 137 cm³/mol. The van der Waals surface area contributed by atoms with E-state index in [1.54, 1.807) is 30.3 Å². The average molecular weight is 512 g/mol. The lowest BCUT2D eigenvalue weighted by Crippen LogP contribution is -2.30. The monoisotopic (exact) mass is 511 g/mol. The molecule has 6 nitrogen and oxygen atoms in total. The van der Waals surface area contributed by atoms with Gasteiger partial charge in [0.25, 0.3) is 11.7 Å². The topological polar surface area (TPSA) is 76.1 Å². The van der Waals surface area contributed by atoms with Gasteiger partial charge in [0.05, 0.1) is 36.4 Å². The highest BCUT2D eigenvalue weighted by atomic mass is 35.5. The number of hydrogen-bond donors (Lipinski definition) is 1. The summed E-state index contributed by atoms with van der Waals surface area (Å²) in [6.45, 7) is 3.80. The number of carbonyl (C=O) groups is 2. The predicted octanol–water partition coefficient (Wildman–Crippen LogP) is 6.25. The van der Waals surface area contributed by atoms with Crippen LogP contribution in [0.4, 0.5) is 5.69 Å². The van der Waals surface area contributed by atoms with Gasteiger partial charge in [0.1, 0.15) is 17.3 Å². The van der Waals surface area contributed by atoms with Gasteiger partial charge in [0, 0.05) is 16.3 Å². The molecule has 1 aliphatic heterocycles. The Morgan fingerprint density at radius 1 is 0.971 bits per heavy atom. The summed E-state index contributed by atoms with van der Waals surface area (Å²) < 4.78 is 10.9. The quantitative estimate of drug-likeness (QED) is 0.248. The minimum atomic E-state index is -0.978. The molecule has 4 rings (SSSR count). The fourth-order valence-corrected chi connectivity index (χ4v) is 4.92. The first-order chi connectivity index (χ1) is 16.7. The third kappa shape index (κ3) is 4.13. The molecule has 0 saturated carbocycles. The fourth-order valence-electron chi connectivity index (χ4n) is 4.35. The fraction of sp³-hybridized carbons (Fsp3) is 0.185. The Labute approximate surface area is 213 Å². The van der Waals surface area contributed by atoms with Crippen molar-refractivity contribution >= 4 is 46.3 Å². The number of halogens is 2. The van der Waals surface area contributed by atoms with E-state index in [1.165, 1.54) is 31.3 Å². The molecule has 1 saturated heterocycles. The molecule has 1 N–H and O–H groups in total. The average Bonchev–Trinajstić information content (AvgIpc) is 3.10. The van der Waals surface area contributed by atoms with Crippen LogP contribution in [0.15, 0.2) is 60.2 Å². The third-order valence-electron chi connectivity index (χ3n) is 6.18. The molecule has 1 fully saturated rings. The Kier molecular flexibility index (Phi) is 6.79. The summed E-state index contributed by atoms with van der Waals surface area (Å²) in [5.41, 5.74) is 2.84. The number of ketones is 1. The largest absolute Gasteiger partial charge is 0.507 e. The van der Waals surface area contributed by atoms with Crippen molar-refractivity contribution in [3.63, 3.8) is 0 Å². The van der Waals surface area contributed by atoms with E-state index in [4.69, 9.17) is 32.7 Å². The number of aliphatic hydroxyl groups is 1. The molecule has 1 unspecified atom stereocenters. The number of benzene rings is 3. The number of Topliss-reactive ketones (excluding diaryl/α,β-unsaturated/α-hetero) is 1. The third-order valence-corrected chi connectivity index (χ3v) is 6.68. The summed E-state index contributed by atoms with van der Waals surface area (Å²) in [5, 5.41) is 11.9. The zero-order valence-electron chi connectivity index (χ0n) is 19.6. The highest BCUT2D eigenvalue weighted by molar-refractivity contribution is 6.52. The van der Waals surface area contributed by atoms with Crippen LogP contribution in [0.25, 0.3) is 5.76 Å². The first-order valence-corrected chi connectivity index (χ1v) is 11.5. The van der Waals surface area contributed by atoms with Gasteiger partial charge in [-0.25, -0.2) is 0 Å². The van der Waals surface area contributed by atoms with E-state index in [1.807, 2.05) is 26.0 Å². The number of para-hydroxylation sites is 1. The number of amides is 1. The first kappa shape index (κ1) is 24.6. The lowest BCUT2D eigenvalue weighted by Gasteiger charge is -2.28. The number of methoxy groups -OCH3 is 2. The minimum Gasteiger partial charge on any atom is -0.507 e. The van der Waals surface area contributed by atoms with Gasteiger partial charge in [-0.05, 0) is 49.2 Å². The molecule has 1 aliphatic rings. The summed E-state index contributed by atoms with van der Waals surface area (Å²) >= 11 is 12.5. The van der Waals surface area contributed by atoms with Crippen molar-refractivity contribution in [3.05, 3.63) is 92.5 Å². The van der Waals surface area contributed by atoms with Crippen LogP contribution < -0.4 is 14.4 Å². The van der Waals surface area contributed by atoms with Gasteiger partial charge in [0.2, 0.25) is 0 Å². The second-order valence-electron chi connectivity index (χ2n) is 8.10. The molecule has 0 spiro atoms. The van der Waals surface area contributed by atoms with E-state index in [2.05, 4.69) is 0 Å². The molecule has 180 valence electrons. The summed E-state index contributed by atoms with van der Waals surface area (Å²) in [6, 6.07) is 14.5. The van der Waals surface area contributed by atoms with Crippen LogP contribution in [0.3, 0.4) is 0 Å². The number of ether oxygens (including phenoxy) is 2. The number of rotatable bonds is 5. The SMILES string of the molecule is COc1ccccc1C1/C(=C(\O)c2cc(Cl)cc(Cl)c2OC)C(=O)C(=O)N1c1cccc(C)c1C. The Balaban J connectivity index is 2.08. The summed E-state index contributed by atoms with van der Waals surface area (Å²) in [6.07, 6.45) is 0. The normalized spacial score (nSPS) is 17.1. The van der Waals surface area contributed by atoms with Crippen LogP contribution in [-0.2, 0) is 9.59 Å². The van der Waals surface area contributed by atoms with Crippen LogP contribution in [0.1, 0.15) is 28.3 Å². The van der Waals surface area contributed by atoms with Crippen LogP contribution in [-0.4, -0.2) is 31.0 Å². The van der Waals surface area contributed by atoms with Crippen molar-refractivity contribution in [1.29, 1.82) is 0 Å². The molecule has 0 aromatic heterocycles. The van der Waals surface area contributed by atoms with Gasteiger partial charge in [0.15, 0.2) is 0 Å². The van der Waals surface area contributed by atoms with E-state index in [9.17, 15) is 14.7 Å². The summed E-state index contributed by atoms with van der Waals surface area (Å²) in [4.78, 5) is 28.4. The molecule has 0 radical (unpaired) electrons. The molecular weight excluding hydrogens is 489 g/mol.